The van der Waals surface area contributed by atoms with Gasteiger partial charge in [0.2, 0.25) is 5.91 Å². The number of carbonyl (C=O) groups is 1. The molecule has 1 amide bonds. The minimum atomic E-state index is -0.515. The highest BCUT2D eigenvalue weighted by molar-refractivity contribution is 8.00. The Hall–Kier alpha value is -2.82. The fourth-order valence-corrected chi connectivity index (χ4v) is 5.26. The first-order valence-electron chi connectivity index (χ1n) is 9.24. The van der Waals surface area contributed by atoms with Gasteiger partial charge in [-0.2, -0.15) is 0 Å². The summed E-state index contributed by atoms with van der Waals surface area (Å²) in [4.78, 5) is 35.1. The Bertz CT molecular complexity index is 1310. The second kappa shape index (κ2) is 9.13. The lowest BCUT2D eigenvalue weighted by molar-refractivity contribution is -0.115. The number of thioether (sulfide) groups is 1. The van der Waals surface area contributed by atoms with Crippen molar-refractivity contribution in [3.05, 3.63) is 69.9 Å². The van der Waals surface area contributed by atoms with Crippen LogP contribution in [0.2, 0.25) is 0 Å². The van der Waals surface area contributed by atoms with Crippen molar-refractivity contribution in [3.8, 4) is 11.3 Å². The van der Waals surface area contributed by atoms with Gasteiger partial charge in [-0.3, -0.25) is 14.2 Å². The number of hydrogen-bond acceptors (Lipinski definition) is 7. The van der Waals surface area contributed by atoms with Crippen LogP contribution in [-0.4, -0.2) is 25.7 Å². The van der Waals surface area contributed by atoms with Crippen LogP contribution in [0.4, 0.5) is 9.52 Å². The molecule has 4 aromatic rings. The van der Waals surface area contributed by atoms with Gasteiger partial charge in [0, 0.05) is 17.5 Å². The molecule has 0 spiro atoms. The van der Waals surface area contributed by atoms with E-state index in [-0.39, 0.29) is 17.3 Å². The molecule has 6 nitrogen and oxygen atoms in total. The van der Waals surface area contributed by atoms with Crippen LogP contribution in [-0.2, 0) is 11.3 Å². The fourth-order valence-electron chi connectivity index (χ4n) is 2.81. The lowest BCUT2D eigenvalue weighted by atomic mass is 10.2. The maximum Gasteiger partial charge on any atom is 0.263 e. The Morgan fingerprint density at radius 1 is 1.29 bits per heavy atom. The van der Waals surface area contributed by atoms with E-state index >= 15 is 0 Å². The molecule has 0 saturated heterocycles. The molecule has 1 N–H and O–H groups in total. The third-order valence-electron chi connectivity index (χ3n) is 4.39. The Labute approximate surface area is 189 Å². The number of benzene rings is 1. The van der Waals surface area contributed by atoms with Crippen molar-refractivity contribution in [2.45, 2.75) is 23.9 Å². The molecule has 0 bridgehead atoms. The quantitative estimate of drug-likeness (QED) is 0.232. The average Bonchev–Trinajstić information content (AvgIpc) is 3.41. The highest BCUT2D eigenvalue weighted by atomic mass is 32.2. The summed E-state index contributed by atoms with van der Waals surface area (Å²) in [5.41, 5.74) is 1.28. The van der Waals surface area contributed by atoms with E-state index in [1.807, 2.05) is 5.38 Å². The van der Waals surface area contributed by atoms with Gasteiger partial charge in [0.25, 0.3) is 5.56 Å². The van der Waals surface area contributed by atoms with Crippen LogP contribution in [0.25, 0.3) is 21.5 Å². The number of thiazole rings is 1. The van der Waals surface area contributed by atoms with Crippen molar-refractivity contribution in [2.75, 3.05) is 5.32 Å². The van der Waals surface area contributed by atoms with Crippen LogP contribution < -0.4 is 10.9 Å². The van der Waals surface area contributed by atoms with Crippen LogP contribution in [0.1, 0.15) is 6.92 Å². The highest BCUT2D eigenvalue weighted by Gasteiger charge is 2.20. The summed E-state index contributed by atoms with van der Waals surface area (Å²) in [5, 5.41) is 7.38. The van der Waals surface area contributed by atoms with E-state index in [1.54, 1.807) is 36.6 Å². The number of halogens is 1. The number of nitrogens with one attached hydrogen (secondary N) is 1. The molecule has 31 heavy (non-hydrogen) atoms. The van der Waals surface area contributed by atoms with Crippen molar-refractivity contribution in [3.63, 3.8) is 0 Å². The Balaban J connectivity index is 1.50. The predicted molar refractivity (Wildman–Crippen MR) is 126 cm³/mol. The first-order chi connectivity index (χ1) is 15.0. The molecule has 0 saturated carbocycles. The maximum atomic E-state index is 13.1. The summed E-state index contributed by atoms with van der Waals surface area (Å²) in [7, 11) is 0. The number of anilines is 1. The molecule has 0 radical (unpaired) electrons. The minimum Gasteiger partial charge on any atom is -0.301 e. The topological polar surface area (TPSA) is 76.9 Å². The van der Waals surface area contributed by atoms with Crippen LogP contribution >= 0.6 is 34.4 Å². The van der Waals surface area contributed by atoms with Gasteiger partial charge >= 0.3 is 0 Å². The maximum absolute atomic E-state index is 13.1. The van der Waals surface area contributed by atoms with Crippen molar-refractivity contribution in [1.29, 1.82) is 0 Å². The second-order valence-corrected chi connectivity index (χ2v) is 9.59. The molecular formula is C21H17FN4O2S3. The Morgan fingerprint density at radius 2 is 2.06 bits per heavy atom. The van der Waals surface area contributed by atoms with Crippen LogP contribution in [0.5, 0.6) is 0 Å². The van der Waals surface area contributed by atoms with E-state index in [9.17, 15) is 14.0 Å². The van der Waals surface area contributed by atoms with Gasteiger partial charge in [0.1, 0.15) is 10.6 Å². The zero-order valence-corrected chi connectivity index (χ0v) is 18.8. The lowest BCUT2D eigenvalue weighted by Crippen LogP contribution is -2.26. The van der Waals surface area contributed by atoms with E-state index in [4.69, 9.17) is 0 Å². The summed E-state index contributed by atoms with van der Waals surface area (Å²) >= 11 is 3.88. The molecule has 0 aliphatic rings. The summed E-state index contributed by atoms with van der Waals surface area (Å²) in [6, 6.07) is 7.76. The Morgan fingerprint density at radius 3 is 2.81 bits per heavy atom. The number of amides is 1. The first-order valence-corrected chi connectivity index (χ1v) is 11.9. The van der Waals surface area contributed by atoms with Crippen molar-refractivity contribution >= 4 is 55.7 Å². The molecule has 10 heteroatoms. The predicted octanol–water partition coefficient (Wildman–Crippen LogP) is 5.03. The summed E-state index contributed by atoms with van der Waals surface area (Å²) in [6.45, 7) is 5.76. The standard InChI is InChI=1S/C21H17FN4O2S3/c1-3-9-26-19(28)15-8-10-29-18(15)25-21(26)31-12(2)17(27)24-20-23-16(11-30-20)13-4-6-14(22)7-5-13/h3-8,10-12H,1,9H2,2H3,(H,23,24,27). The van der Waals surface area contributed by atoms with Gasteiger partial charge in [-0.05, 0) is 42.6 Å². The second-order valence-electron chi connectivity index (χ2n) is 6.53. The molecule has 1 aromatic carbocycles. The molecule has 0 fully saturated rings. The molecule has 1 unspecified atom stereocenters. The van der Waals surface area contributed by atoms with Crippen LogP contribution in [0.15, 0.2) is 63.7 Å². The lowest BCUT2D eigenvalue weighted by Gasteiger charge is -2.14. The third kappa shape index (κ3) is 4.60. The monoisotopic (exact) mass is 472 g/mol. The van der Waals surface area contributed by atoms with Gasteiger partial charge in [0.05, 0.1) is 16.3 Å². The number of nitrogens with zero attached hydrogens (tertiary/aromatic N) is 3. The SMILES string of the molecule is C=CCn1c(SC(C)C(=O)Nc2nc(-c3ccc(F)cc3)cs2)nc2sccc2c1=O. The summed E-state index contributed by atoms with van der Waals surface area (Å²) in [5.74, 6) is -0.571. The molecule has 0 aliphatic carbocycles. The number of thiophene rings is 1. The molecule has 1 atom stereocenters. The van der Waals surface area contributed by atoms with Gasteiger partial charge in [-0.25, -0.2) is 14.4 Å². The Kier molecular flexibility index (Phi) is 6.30. The molecule has 3 heterocycles. The minimum absolute atomic E-state index is 0.148. The smallest absolute Gasteiger partial charge is 0.263 e. The van der Waals surface area contributed by atoms with Gasteiger partial charge in [-0.1, -0.05) is 17.8 Å². The molecule has 0 aliphatic heterocycles. The van der Waals surface area contributed by atoms with Gasteiger partial charge < -0.3 is 5.32 Å². The van der Waals surface area contributed by atoms with Gasteiger partial charge in [0.15, 0.2) is 10.3 Å². The molecular weight excluding hydrogens is 455 g/mol. The van der Waals surface area contributed by atoms with Gasteiger partial charge in [-0.15, -0.1) is 29.3 Å². The number of carbonyl (C=O) groups excluding carboxylic acids is 1. The van der Waals surface area contributed by atoms with Crippen molar-refractivity contribution in [1.82, 2.24) is 14.5 Å². The number of fused-ring (bicyclic) bond motifs is 1. The first kappa shape index (κ1) is 21.4. The largest absolute Gasteiger partial charge is 0.301 e. The number of hydrogen-bond donors (Lipinski definition) is 1. The van der Waals surface area contributed by atoms with E-state index in [0.717, 1.165) is 5.56 Å². The number of aromatic nitrogens is 3. The summed E-state index contributed by atoms with van der Waals surface area (Å²) < 4.78 is 14.6. The van der Waals surface area contributed by atoms with Crippen LogP contribution in [0.3, 0.4) is 0 Å². The number of allylic oxidation sites excluding steroid dienone is 1. The third-order valence-corrected chi connectivity index (χ3v) is 7.04. The normalized spacial score (nSPS) is 12.1. The van der Waals surface area contributed by atoms with Crippen LogP contribution in [0, 0.1) is 5.82 Å². The molecule has 158 valence electrons. The summed E-state index contributed by atoms with van der Waals surface area (Å²) in [6.07, 6.45) is 1.63. The van der Waals surface area contributed by atoms with E-state index in [0.29, 0.717) is 32.7 Å². The van der Waals surface area contributed by atoms with E-state index in [1.165, 1.54) is 51.1 Å². The zero-order chi connectivity index (χ0) is 22.0. The fraction of sp³-hybridized carbons (Fsp3) is 0.143. The van der Waals surface area contributed by atoms with Crippen molar-refractivity contribution < 1.29 is 9.18 Å². The van der Waals surface area contributed by atoms with Crippen molar-refractivity contribution in [2.24, 2.45) is 0 Å². The highest BCUT2D eigenvalue weighted by Crippen LogP contribution is 2.28. The average molecular weight is 473 g/mol. The van der Waals surface area contributed by atoms with E-state index in [2.05, 4.69) is 21.9 Å². The number of rotatable bonds is 7. The molecule has 3 aromatic heterocycles. The molecule has 4 rings (SSSR count). The van der Waals surface area contributed by atoms with E-state index < -0.39 is 5.25 Å². The zero-order valence-electron chi connectivity index (χ0n) is 16.4.